The molecule has 1 aliphatic carbocycles. The minimum Gasteiger partial charge on any atom is -0.369 e. The summed E-state index contributed by atoms with van der Waals surface area (Å²) in [6.07, 6.45) is 3.37. The number of fused-ring (bicyclic) bond motifs is 1. The van der Waals surface area contributed by atoms with E-state index in [2.05, 4.69) is 51.2 Å². The van der Waals surface area contributed by atoms with Crippen LogP contribution in [0.1, 0.15) is 28.9 Å². The Kier molecular flexibility index (Phi) is 5.16. The highest BCUT2D eigenvalue weighted by atomic mass is 16.2. The van der Waals surface area contributed by atoms with Gasteiger partial charge >= 0.3 is 0 Å². The Hall–Kier alpha value is -2.34. The zero-order chi connectivity index (χ0) is 18.8. The molecule has 2 heterocycles. The maximum absolute atomic E-state index is 12.7. The van der Waals surface area contributed by atoms with Gasteiger partial charge in [-0.1, -0.05) is 12.1 Å². The molecule has 6 nitrogen and oxygen atoms in total. The van der Waals surface area contributed by atoms with E-state index in [9.17, 15) is 4.79 Å². The van der Waals surface area contributed by atoms with Crippen LogP contribution < -0.4 is 4.90 Å². The molecule has 0 bridgehead atoms. The monoisotopic (exact) mass is 367 g/mol. The number of nitrogens with zero attached hydrogens (tertiary/aromatic N) is 4. The van der Waals surface area contributed by atoms with Crippen LogP contribution in [0.25, 0.3) is 0 Å². The van der Waals surface area contributed by atoms with Crippen molar-refractivity contribution in [2.45, 2.75) is 32.7 Å². The predicted octanol–water partition coefficient (Wildman–Crippen LogP) is 1.99. The highest BCUT2D eigenvalue weighted by Gasteiger charge is 2.23. The topological polar surface area (TPSA) is 55.5 Å². The van der Waals surface area contributed by atoms with Gasteiger partial charge in [-0.3, -0.25) is 14.8 Å². The maximum atomic E-state index is 12.7. The lowest BCUT2D eigenvalue weighted by Crippen LogP contribution is -2.49. The third-order valence-corrected chi connectivity index (χ3v) is 5.80. The highest BCUT2D eigenvalue weighted by Crippen LogP contribution is 2.23. The number of aromatic amines is 1. The summed E-state index contributed by atoms with van der Waals surface area (Å²) in [4.78, 5) is 19.2. The van der Waals surface area contributed by atoms with Crippen molar-refractivity contribution >= 4 is 11.6 Å². The molecular formula is C21H29N5O. The number of nitrogens with one attached hydrogen (secondary N) is 1. The zero-order valence-electron chi connectivity index (χ0n) is 16.4. The fourth-order valence-corrected chi connectivity index (χ4v) is 4.13. The number of piperazine rings is 1. The third-order valence-electron chi connectivity index (χ3n) is 5.80. The Morgan fingerprint density at radius 2 is 2.04 bits per heavy atom. The van der Waals surface area contributed by atoms with E-state index in [1.54, 1.807) is 0 Å². The number of hydrogen-bond acceptors (Lipinski definition) is 4. The van der Waals surface area contributed by atoms with Crippen LogP contribution in [-0.4, -0.2) is 65.7 Å². The minimum absolute atomic E-state index is 0.175. The molecule has 1 aromatic heterocycles. The van der Waals surface area contributed by atoms with E-state index < -0.39 is 0 Å². The van der Waals surface area contributed by atoms with Gasteiger partial charge in [-0.05, 0) is 49.4 Å². The summed E-state index contributed by atoms with van der Waals surface area (Å²) >= 11 is 0. The molecule has 27 heavy (non-hydrogen) atoms. The van der Waals surface area contributed by atoms with Crippen molar-refractivity contribution in [2.75, 3.05) is 44.7 Å². The predicted molar refractivity (Wildman–Crippen MR) is 107 cm³/mol. The van der Waals surface area contributed by atoms with E-state index in [-0.39, 0.29) is 5.91 Å². The van der Waals surface area contributed by atoms with E-state index in [1.807, 2.05) is 11.9 Å². The second-order valence-electron chi connectivity index (χ2n) is 7.83. The molecular weight excluding hydrogens is 338 g/mol. The molecule has 0 saturated carbocycles. The molecule has 1 amide bonds. The van der Waals surface area contributed by atoms with Gasteiger partial charge in [-0.25, -0.2) is 0 Å². The Morgan fingerprint density at radius 1 is 1.22 bits per heavy atom. The first-order valence-electron chi connectivity index (χ1n) is 9.93. The molecule has 1 saturated heterocycles. The number of rotatable bonds is 5. The van der Waals surface area contributed by atoms with Gasteiger partial charge in [0.1, 0.15) is 0 Å². The second-order valence-corrected chi connectivity index (χ2v) is 7.83. The van der Waals surface area contributed by atoms with Gasteiger partial charge in [0.2, 0.25) is 5.91 Å². The van der Waals surface area contributed by atoms with E-state index in [0.717, 1.165) is 44.7 Å². The largest absolute Gasteiger partial charge is 0.369 e. The molecule has 2 aromatic rings. The maximum Gasteiger partial charge on any atom is 0.236 e. The number of likely N-dealkylation sites (N-methyl/N-ethyl adjacent to an activating group) is 1. The molecule has 0 spiro atoms. The Morgan fingerprint density at radius 3 is 2.81 bits per heavy atom. The molecule has 1 fully saturated rings. The lowest BCUT2D eigenvalue weighted by molar-refractivity contribution is -0.131. The first kappa shape index (κ1) is 18.0. The molecule has 6 heteroatoms. The average molecular weight is 367 g/mol. The molecule has 1 aromatic carbocycles. The minimum atomic E-state index is 0.175. The summed E-state index contributed by atoms with van der Waals surface area (Å²) in [6.45, 7) is 7.00. The molecule has 0 atom stereocenters. The molecule has 2 aliphatic rings. The van der Waals surface area contributed by atoms with Crippen molar-refractivity contribution in [1.29, 1.82) is 0 Å². The summed E-state index contributed by atoms with van der Waals surface area (Å²) in [5.74, 6) is 0.175. The van der Waals surface area contributed by atoms with Crippen LogP contribution in [0.3, 0.4) is 0 Å². The van der Waals surface area contributed by atoms with Crippen LogP contribution in [0, 0.1) is 6.92 Å². The van der Waals surface area contributed by atoms with E-state index in [1.165, 1.54) is 28.9 Å². The van der Waals surface area contributed by atoms with Crippen molar-refractivity contribution in [3.8, 4) is 0 Å². The number of anilines is 1. The van der Waals surface area contributed by atoms with Crippen molar-refractivity contribution in [3.63, 3.8) is 0 Å². The van der Waals surface area contributed by atoms with Crippen LogP contribution in [0.2, 0.25) is 0 Å². The summed E-state index contributed by atoms with van der Waals surface area (Å²) in [7, 11) is 1.89. The zero-order valence-corrected chi connectivity index (χ0v) is 16.4. The second kappa shape index (κ2) is 7.72. The fourth-order valence-electron chi connectivity index (χ4n) is 4.13. The number of aryl methyl sites for hydroxylation is 2. The van der Waals surface area contributed by atoms with E-state index >= 15 is 0 Å². The van der Waals surface area contributed by atoms with Gasteiger partial charge in [0, 0.05) is 44.6 Å². The Balaban J connectivity index is 1.27. The lowest BCUT2D eigenvalue weighted by Gasteiger charge is -2.36. The molecule has 0 radical (unpaired) electrons. The van der Waals surface area contributed by atoms with E-state index in [0.29, 0.717) is 13.1 Å². The standard InChI is InChI=1S/C21H29N5O/c1-16-5-3-6-17(13-16)26-11-9-25(10-12-26)15-21(27)24(2)14-20-18-7-4-8-19(18)22-23-20/h3,5-6,13H,4,7-12,14-15H2,1-2H3,(H,22,23). The van der Waals surface area contributed by atoms with Crippen LogP contribution in [0.4, 0.5) is 5.69 Å². The van der Waals surface area contributed by atoms with Crippen molar-refractivity contribution in [2.24, 2.45) is 0 Å². The quantitative estimate of drug-likeness (QED) is 0.878. The molecule has 4 rings (SSSR count). The van der Waals surface area contributed by atoms with Gasteiger partial charge in [-0.2, -0.15) is 5.10 Å². The number of H-pyrrole nitrogens is 1. The lowest BCUT2D eigenvalue weighted by atomic mass is 10.2. The van der Waals surface area contributed by atoms with Crippen molar-refractivity contribution in [1.82, 2.24) is 20.0 Å². The summed E-state index contributed by atoms with van der Waals surface area (Å²) in [5.41, 5.74) is 6.21. The third kappa shape index (κ3) is 4.00. The van der Waals surface area contributed by atoms with Crippen LogP contribution in [0.15, 0.2) is 24.3 Å². The van der Waals surface area contributed by atoms with Crippen LogP contribution in [-0.2, 0) is 24.2 Å². The highest BCUT2D eigenvalue weighted by molar-refractivity contribution is 5.78. The normalized spacial score (nSPS) is 17.2. The van der Waals surface area contributed by atoms with Gasteiger partial charge in [0.25, 0.3) is 0 Å². The fraction of sp³-hybridized carbons (Fsp3) is 0.524. The number of hydrogen-bond donors (Lipinski definition) is 1. The first-order valence-corrected chi connectivity index (χ1v) is 9.93. The Bertz CT molecular complexity index is 807. The van der Waals surface area contributed by atoms with Crippen LogP contribution in [0.5, 0.6) is 0 Å². The number of aromatic nitrogens is 2. The molecule has 0 unspecified atom stereocenters. The summed E-state index contributed by atoms with van der Waals surface area (Å²) in [5, 5.41) is 7.55. The first-order chi connectivity index (χ1) is 13.1. The average Bonchev–Trinajstić information content (AvgIpc) is 3.27. The summed E-state index contributed by atoms with van der Waals surface area (Å²) < 4.78 is 0. The van der Waals surface area contributed by atoms with Gasteiger partial charge in [0.05, 0.1) is 18.8 Å². The molecule has 1 aliphatic heterocycles. The van der Waals surface area contributed by atoms with Gasteiger partial charge in [-0.15, -0.1) is 0 Å². The number of carbonyl (C=O) groups excluding carboxylic acids is 1. The van der Waals surface area contributed by atoms with E-state index in [4.69, 9.17) is 0 Å². The smallest absolute Gasteiger partial charge is 0.236 e. The molecule has 1 N–H and O–H groups in total. The number of benzene rings is 1. The van der Waals surface area contributed by atoms with Crippen molar-refractivity contribution < 1.29 is 4.79 Å². The van der Waals surface area contributed by atoms with Gasteiger partial charge < -0.3 is 9.80 Å². The Labute approximate surface area is 161 Å². The van der Waals surface area contributed by atoms with Crippen molar-refractivity contribution in [3.05, 3.63) is 46.8 Å². The number of carbonyl (C=O) groups is 1. The SMILES string of the molecule is Cc1cccc(N2CCN(CC(=O)N(C)Cc3n[nH]c4c3CCC4)CC2)c1. The number of amides is 1. The molecule has 144 valence electrons. The van der Waals surface area contributed by atoms with Crippen LogP contribution >= 0.6 is 0 Å². The van der Waals surface area contributed by atoms with Gasteiger partial charge in [0.15, 0.2) is 0 Å². The summed E-state index contributed by atoms with van der Waals surface area (Å²) in [6, 6.07) is 8.64.